The van der Waals surface area contributed by atoms with Gasteiger partial charge in [0.1, 0.15) is 5.82 Å². The van der Waals surface area contributed by atoms with Crippen LogP contribution in [0.1, 0.15) is 49.9 Å². The number of nitrogens with zero attached hydrogens (tertiary/aromatic N) is 2. The molecule has 3 fully saturated rings. The first-order valence-corrected chi connectivity index (χ1v) is 11.0. The van der Waals surface area contributed by atoms with Crippen molar-refractivity contribution in [2.75, 3.05) is 26.2 Å². The summed E-state index contributed by atoms with van der Waals surface area (Å²) in [5.41, 5.74) is 0.0985. The van der Waals surface area contributed by atoms with Crippen LogP contribution in [0.15, 0.2) is 18.2 Å². The highest BCUT2D eigenvalue weighted by Crippen LogP contribution is 2.44. The van der Waals surface area contributed by atoms with E-state index in [0.717, 1.165) is 38.8 Å². The highest BCUT2D eigenvalue weighted by atomic mass is 35.5. The molecule has 1 spiro atoms. The molecule has 2 amide bonds. The van der Waals surface area contributed by atoms with Crippen LogP contribution < -0.4 is 5.32 Å². The molecule has 3 aliphatic rings. The number of likely N-dealkylation sites (tertiary alicyclic amines) is 2. The Morgan fingerprint density at radius 3 is 2.72 bits per heavy atom. The Labute approximate surface area is 176 Å². The van der Waals surface area contributed by atoms with Gasteiger partial charge in [-0.2, -0.15) is 0 Å². The molecule has 1 aromatic rings. The van der Waals surface area contributed by atoms with Crippen molar-refractivity contribution in [2.24, 2.45) is 11.8 Å². The number of halogens is 2. The lowest BCUT2D eigenvalue weighted by atomic mass is 9.75. The van der Waals surface area contributed by atoms with Crippen molar-refractivity contribution >= 4 is 23.4 Å². The maximum Gasteiger partial charge on any atom is 0.253 e. The number of rotatable bonds is 4. The maximum atomic E-state index is 13.7. The number of hydrogen-bond acceptors (Lipinski definition) is 3. The van der Waals surface area contributed by atoms with Crippen LogP contribution in [-0.4, -0.2) is 59.4 Å². The second-order valence-electron chi connectivity index (χ2n) is 8.87. The summed E-state index contributed by atoms with van der Waals surface area (Å²) in [4.78, 5) is 29.7. The number of benzene rings is 1. The number of hydrogen-bond donors (Lipinski definition) is 1. The molecule has 0 bridgehead atoms. The van der Waals surface area contributed by atoms with Crippen molar-refractivity contribution in [3.63, 3.8) is 0 Å². The van der Waals surface area contributed by atoms with Gasteiger partial charge in [-0.05, 0) is 44.4 Å². The van der Waals surface area contributed by atoms with Crippen LogP contribution >= 0.6 is 11.6 Å². The number of amides is 2. The Kier molecular flexibility index (Phi) is 5.60. The summed E-state index contributed by atoms with van der Waals surface area (Å²) < 4.78 is 13.7. The molecular weight excluding hydrogens is 393 g/mol. The number of nitrogens with one attached hydrogen (secondary N) is 1. The van der Waals surface area contributed by atoms with Crippen LogP contribution in [0, 0.1) is 17.7 Å². The molecule has 3 atom stereocenters. The Hall–Kier alpha value is -1.66. The molecule has 3 heterocycles. The van der Waals surface area contributed by atoms with E-state index in [2.05, 4.69) is 24.1 Å². The van der Waals surface area contributed by atoms with Crippen LogP contribution in [0.3, 0.4) is 0 Å². The summed E-state index contributed by atoms with van der Waals surface area (Å²) in [6.45, 7) is 7.36. The highest BCUT2D eigenvalue weighted by Gasteiger charge is 2.57. The van der Waals surface area contributed by atoms with Gasteiger partial charge in [-0.1, -0.05) is 24.9 Å². The number of carbonyl (C=O) groups is 2. The third-order valence-corrected chi connectivity index (χ3v) is 7.51. The van der Waals surface area contributed by atoms with Gasteiger partial charge in [0.05, 0.1) is 10.9 Å². The first kappa shape index (κ1) is 20.6. The zero-order valence-corrected chi connectivity index (χ0v) is 17.8. The Morgan fingerprint density at radius 1 is 1.34 bits per heavy atom. The average molecular weight is 422 g/mol. The van der Waals surface area contributed by atoms with Crippen molar-refractivity contribution in [2.45, 2.75) is 51.1 Å². The predicted octanol–water partition coefficient (Wildman–Crippen LogP) is 3.32. The Morgan fingerprint density at radius 2 is 2.07 bits per heavy atom. The van der Waals surface area contributed by atoms with E-state index >= 15 is 0 Å². The molecular formula is C22H29ClFN3O2. The van der Waals surface area contributed by atoms with Gasteiger partial charge >= 0.3 is 0 Å². The van der Waals surface area contributed by atoms with Gasteiger partial charge in [0.15, 0.2) is 0 Å². The minimum atomic E-state index is -0.579. The fourth-order valence-electron chi connectivity index (χ4n) is 5.47. The second-order valence-corrected chi connectivity index (χ2v) is 9.28. The molecule has 3 saturated heterocycles. The van der Waals surface area contributed by atoms with Gasteiger partial charge in [0, 0.05) is 49.2 Å². The van der Waals surface area contributed by atoms with Crippen LogP contribution in [0.2, 0.25) is 5.02 Å². The third kappa shape index (κ3) is 3.66. The topological polar surface area (TPSA) is 52.7 Å². The third-order valence-electron chi connectivity index (χ3n) is 7.21. The monoisotopic (exact) mass is 421 g/mol. The minimum absolute atomic E-state index is 0.0157. The summed E-state index contributed by atoms with van der Waals surface area (Å²) in [7, 11) is 0. The normalized spacial score (nSPS) is 27.2. The van der Waals surface area contributed by atoms with Crippen molar-refractivity contribution in [1.29, 1.82) is 0 Å². The number of piperidine rings is 1. The van der Waals surface area contributed by atoms with Crippen molar-refractivity contribution < 1.29 is 14.0 Å². The van der Waals surface area contributed by atoms with E-state index in [1.807, 2.05) is 0 Å². The maximum absolute atomic E-state index is 13.7. The van der Waals surface area contributed by atoms with Crippen LogP contribution in [0.25, 0.3) is 0 Å². The quantitative estimate of drug-likeness (QED) is 0.811. The van der Waals surface area contributed by atoms with Crippen LogP contribution in [0.4, 0.5) is 4.39 Å². The molecule has 4 rings (SSSR count). The summed E-state index contributed by atoms with van der Waals surface area (Å²) in [5.74, 6) is -0.229. The standard InChI is InChI=1S/C22H29ClFN3O2/c1-3-4-14(2)27-12-16-17(13-27)22(25-20(16)28)7-9-26(10-8-22)21(29)15-5-6-18(23)19(24)11-15/h5-6,11,14,16-17H,3-4,7-10,12-13H2,1-2H3,(H,25,28)/t14?,16-,17+/m1/s1. The van der Waals surface area contributed by atoms with Crippen molar-refractivity contribution in [3.05, 3.63) is 34.6 Å². The van der Waals surface area contributed by atoms with E-state index in [4.69, 9.17) is 11.6 Å². The van der Waals surface area contributed by atoms with E-state index in [0.29, 0.717) is 30.6 Å². The molecule has 29 heavy (non-hydrogen) atoms. The SMILES string of the molecule is CCCC(C)N1C[C@H]2C(=O)NC3(CCN(C(=O)c4ccc(Cl)c(F)c4)CC3)[C@H]2C1. The highest BCUT2D eigenvalue weighted by molar-refractivity contribution is 6.30. The minimum Gasteiger partial charge on any atom is -0.350 e. The summed E-state index contributed by atoms with van der Waals surface area (Å²) in [5, 5.41) is 3.31. The first-order chi connectivity index (χ1) is 13.8. The molecule has 0 saturated carbocycles. The number of fused-ring (bicyclic) bond motifs is 2. The fourth-order valence-corrected chi connectivity index (χ4v) is 5.58. The van der Waals surface area contributed by atoms with Crippen molar-refractivity contribution in [1.82, 2.24) is 15.1 Å². The largest absolute Gasteiger partial charge is 0.350 e. The van der Waals surface area contributed by atoms with Gasteiger partial charge in [0.25, 0.3) is 5.91 Å². The molecule has 1 aromatic carbocycles. The predicted molar refractivity (Wildman–Crippen MR) is 110 cm³/mol. The lowest BCUT2D eigenvalue weighted by Gasteiger charge is -2.43. The smallest absolute Gasteiger partial charge is 0.253 e. The van der Waals surface area contributed by atoms with E-state index in [-0.39, 0.29) is 28.3 Å². The van der Waals surface area contributed by atoms with Gasteiger partial charge in [0.2, 0.25) is 5.91 Å². The fraction of sp³-hybridized carbons (Fsp3) is 0.636. The average Bonchev–Trinajstić information content (AvgIpc) is 3.25. The van der Waals surface area contributed by atoms with Crippen LogP contribution in [-0.2, 0) is 4.79 Å². The van der Waals surface area contributed by atoms with E-state index in [1.54, 1.807) is 11.0 Å². The molecule has 0 aromatic heterocycles. The number of carbonyl (C=O) groups excluding carboxylic acids is 2. The van der Waals surface area contributed by atoms with Gasteiger partial charge in [-0.15, -0.1) is 0 Å². The lowest BCUT2D eigenvalue weighted by Crippen LogP contribution is -2.56. The zero-order chi connectivity index (χ0) is 20.8. The Bertz CT molecular complexity index is 809. The molecule has 1 N–H and O–H groups in total. The second kappa shape index (κ2) is 7.88. The molecule has 0 radical (unpaired) electrons. The molecule has 7 heteroatoms. The summed E-state index contributed by atoms with van der Waals surface area (Å²) in [6.07, 6.45) is 3.79. The van der Waals surface area contributed by atoms with E-state index in [9.17, 15) is 14.0 Å². The van der Waals surface area contributed by atoms with Gasteiger partial charge in [-0.25, -0.2) is 4.39 Å². The van der Waals surface area contributed by atoms with E-state index in [1.165, 1.54) is 12.1 Å². The molecule has 3 aliphatic heterocycles. The Balaban J connectivity index is 1.43. The molecule has 158 valence electrons. The van der Waals surface area contributed by atoms with Crippen LogP contribution in [0.5, 0.6) is 0 Å². The van der Waals surface area contributed by atoms with E-state index < -0.39 is 5.82 Å². The summed E-state index contributed by atoms with van der Waals surface area (Å²) in [6, 6.07) is 4.68. The van der Waals surface area contributed by atoms with Gasteiger partial charge < -0.3 is 10.2 Å². The molecule has 1 unspecified atom stereocenters. The molecule has 5 nitrogen and oxygen atoms in total. The molecule has 0 aliphatic carbocycles. The zero-order valence-electron chi connectivity index (χ0n) is 17.1. The summed E-state index contributed by atoms with van der Waals surface area (Å²) >= 11 is 5.73. The van der Waals surface area contributed by atoms with Gasteiger partial charge in [-0.3, -0.25) is 14.5 Å². The lowest BCUT2D eigenvalue weighted by molar-refractivity contribution is -0.123. The van der Waals surface area contributed by atoms with Crippen molar-refractivity contribution in [3.8, 4) is 0 Å². The first-order valence-electron chi connectivity index (χ1n) is 10.6.